The molecule has 1 unspecified atom stereocenters. The van der Waals surface area contributed by atoms with Gasteiger partial charge in [0.2, 0.25) is 0 Å². The molecule has 5 nitrogen and oxygen atoms in total. The summed E-state index contributed by atoms with van der Waals surface area (Å²) in [5.41, 5.74) is 0.156. The summed E-state index contributed by atoms with van der Waals surface area (Å²) in [4.78, 5) is 16.8. The predicted molar refractivity (Wildman–Crippen MR) is 73.1 cm³/mol. The summed E-state index contributed by atoms with van der Waals surface area (Å²) in [6, 6.07) is 5.32. The van der Waals surface area contributed by atoms with Crippen LogP contribution in [0.2, 0.25) is 0 Å². The maximum absolute atomic E-state index is 12.6. The predicted octanol–water partition coefficient (Wildman–Crippen LogP) is 1.36. The molecule has 1 amide bonds. The number of hydrogen-bond acceptors (Lipinski definition) is 4. The van der Waals surface area contributed by atoms with E-state index in [1.807, 2.05) is 0 Å². The summed E-state index contributed by atoms with van der Waals surface area (Å²) < 4.78 is 37.9. The molecule has 1 aromatic rings. The van der Waals surface area contributed by atoms with E-state index in [-0.39, 0.29) is 6.42 Å². The number of hydrogen-bond donors (Lipinski definition) is 1. The van der Waals surface area contributed by atoms with Crippen molar-refractivity contribution in [3.8, 4) is 0 Å². The summed E-state index contributed by atoms with van der Waals surface area (Å²) in [7, 11) is 0. The van der Waals surface area contributed by atoms with Crippen molar-refractivity contribution in [2.24, 2.45) is 10.5 Å². The van der Waals surface area contributed by atoms with Gasteiger partial charge in [0, 0.05) is 24.9 Å². The molecule has 1 fully saturated rings. The highest BCUT2D eigenvalue weighted by Crippen LogP contribution is 2.38. The second kappa shape index (κ2) is 5.35. The van der Waals surface area contributed by atoms with Crippen molar-refractivity contribution in [3.63, 3.8) is 0 Å². The molecule has 3 rings (SSSR count). The lowest BCUT2D eigenvalue weighted by Gasteiger charge is -2.32. The van der Waals surface area contributed by atoms with Crippen molar-refractivity contribution >= 4 is 11.6 Å². The Balaban J connectivity index is 1.90. The average Bonchev–Trinajstić information content (AvgIpc) is 2.72. The number of alkyl halides is 3. The first kappa shape index (κ1) is 15.0. The van der Waals surface area contributed by atoms with Gasteiger partial charge < -0.3 is 5.32 Å². The van der Waals surface area contributed by atoms with Crippen LogP contribution in [0.5, 0.6) is 0 Å². The third-order valence-electron chi connectivity index (χ3n) is 4.00. The highest BCUT2D eigenvalue weighted by atomic mass is 19.4. The number of aromatic nitrogens is 1. The second-order valence-electron chi connectivity index (χ2n) is 5.53. The molecule has 2 aliphatic rings. The lowest BCUT2D eigenvalue weighted by Crippen LogP contribution is -2.51. The molecule has 8 heteroatoms. The number of nitrogens with zero attached hydrogens (tertiary/aromatic N) is 3. The number of hydrazone groups is 1. The lowest BCUT2D eigenvalue weighted by molar-refractivity contribution is -0.163. The van der Waals surface area contributed by atoms with Crippen LogP contribution in [-0.4, -0.2) is 47.4 Å². The number of halogens is 3. The fraction of sp³-hybridized carbons (Fsp3) is 0.500. The van der Waals surface area contributed by atoms with Gasteiger partial charge in [0.15, 0.2) is 0 Å². The summed E-state index contributed by atoms with van der Waals surface area (Å²) in [5, 5.41) is 7.56. The molecular weight excluding hydrogens is 297 g/mol. The van der Waals surface area contributed by atoms with Crippen LogP contribution in [0.15, 0.2) is 29.5 Å². The molecule has 1 saturated heterocycles. The highest BCUT2D eigenvalue weighted by molar-refractivity contribution is 6.13. The Morgan fingerprint density at radius 3 is 2.86 bits per heavy atom. The fourth-order valence-corrected chi connectivity index (χ4v) is 2.98. The van der Waals surface area contributed by atoms with Crippen molar-refractivity contribution in [2.75, 3.05) is 19.6 Å². The monoisotopic (exact) mass is 312 g/mol. The minimum absolute atomic E-state index is 0.279. The van der Waals surface area contributed by atoms with Crippen LogP contribution in [-0.2, 0) is 11.2 Å². The van der Waals surface area contributed by atoms with E-state index in [9.17, 15) is 18.0 Å². The number of rotatable bonds is 3. The van der Waals surface area contributed by atoms with Crippen LogP contribution in [0.1, 0.15) is 12.1 Å². The number of carbonyl (C=O) groups is 1. The molecule has 0 aliphatic carbocycles. The summed E-state index contributed by atoms with van der Waals surface area (Å²) >= 11 is 0. The smallest absolute Gasteiger partial charge is 0.311 e. The zero-order chi connectivity index (χ0) is 15.8. The van der Waals surface area contributed by atoms with Crippen LogP contribution >= 0.6 is 0 Å². The molecule has 22 heavy (non-hydrogen) atoms. The fourth-order valence-electron chi connectivity index (χ4n) is 2.98. The number of fused-ring (bicyclic) bond motifs is 1. The normalized spacial score (nSPS) is 25.1. The summed E-state index contributed by atoms with van der Waals surface area (Å²) in [6.07, 6.45) is -2.15. The number of amides is 1. The Morgan fingerprint density at radius 1 is 1.36 bits per heavy atom. The van der Waals surface area contributed by atoms with Gasteiger partial charge in [0.25, 0.3) is 5.91 Å². The maximum atomic E-state index is 12.6. The number of nitrogens with one attached hydrogen (secondary N) is 1. The molecule has 118 valence electrons. The molecule has 0 aromatic carbocycles. The number of piperidine rings is 1. The molecule has 1 aromatic heterocycles. The number of carbonyl (C=O) groups excluding carboxylic acids is 1. The third kappa shape index (κ3) is 2.70. The number of pyridine rings is 1. The topological polar surface area (TPSA) is 57.6 Å². The first-order chi connectivity index (χ1) is 10.4. The van der Waals surface area contributed by atoms with Crippen LogP contribution in [0.25, 0.3) is 0 Å². The standard InChI is InChI=1S/C14H15F3N4O/c15-14(16,17)9-21-12(22)13(4-6-18-8-11(13)20-21)7-10-3-1-2-5-19-10/h1-3,5,18H,4,6-9H2. The van der Waals surface area contributed by atoms with Crippen LogP contribution in [0.3, 0.4) is 0 Å². The largest absolute Gasteiger partial charge is 0.408 e. The Bertz CT molecular complexity index is 602. The van der Waals surface area contributed by atoms with Crippen molar-refractivity contribution in [3.05, 3.63) is 30.1 Å². The van der Waals surface area contributed by atoms with Gasteiger partial charge in [-0.15, -0.1) is 0 Å². The van der Waals surface area contributed by atoms with Gasteiger partial charge in [-0.1, -0.05) is 6.07 Å². The van der Waals surface area contributed by atoms with Gasteiger partial charge in [-0.3, -0.25) is 9.78 Å². The van der Waals surface area contributed by atoms with Crippen LogP contribution in [0, 0.1) is 5.41 Å². The van der Waals surface area contributed by atoms with E-state index in [0.29, 0.717) is 35.9 Å². The summed E-state index contributed by atoms with van der Waals surface area (Å²) in [5.74, 6) is -0.577. The van der Waals surface area contributed by atoms with E-state index in [4.69, 9.17) is 0 Å². The minimum Gasteiger partial charge on any atom is -0.311 e. The van der Waals surface area contributed by atoms with Gasteiger partial charge in [0.05, 0.1) is 11.1 Å². The first-order valence-corrected chi connectivity index (χ1v) is 6.98. The molecular formula is C14H15F3N4O. The second-order valence-corrected chi connectivity index (χ2v) is 5.53. The molecule has 1 atom stereocenters. The molecule has 3 heterocycles. The third-order valence-corrected chi connectivity index (χ3v) is 4.00. The maximum Gasteiger partial charge on any atom is 0.408 e. The SMILES string of the molecule is O=C1N(CC(F)(F)F)N=C2CNCCC12Cc1ccccn1. The lowest BCUT2D eigenvalue weighted by atomic mass is 9.73. The quantitative estimate of drug-likeness (QED) is 0.917. The van der Waals surface area contributed by atoms with Crippen LogP contribution in [0.4, 0.5) is 13.2 Å². The molecule has 0 spiro atoms. The van der Waals surface area contributed by atoms with Crippen molar-refractivity contribution in [2.45, 2.75) is 19.0 Å². The molecule has 0 bridgehead atoms. The molecule has 2 aliphatic heterocycles. The summed E-state index contributed by atoms with van der Waals surface area (Å²) in [6.45, 7) is -0.455. The van der Waals surface area contributed by atoms with E-state index >= 15 is 0 Å². The Morgan fingerprint density at radius 2 is 2.18 bits per heavy atom. The van der Waals surface area contributed by atoms with Gasteiger partial charge >= 0.3 is 6.18 Å². The van der Waals surface area contributed by atoms with Gasteiger partial charge in [-0.05, 0) is 25.1 Å². The van der Waals surface area contributed by atoms with Crippen molar-refractivity contribution in [1.29, 1.82) is 0 Å². The van der Waals surface area contributed by atoms with E-state index in [0.717, 1.165) is 0 Å². The average molecular weight is 312 g/mol. The highest BCUT2D eigenvalue weighted by Gasteiger charge is 2.53. The minimum atomic E-state index is -4.47. The van der Waals surface area contributed by atoms with E-state index in [2.05, 4.69) is 15.4 Å². The molecule has 0 saturated carbocycles. The van der Waals surface area contributed by atoms with Crippen LogP contribution < -0.4 is 5.32 Å². The van der Waals surface area contributed by atoms with Gasteiger partial charge in [0.1, 0.15) is 6.54 Å². The van der Waals surface area contributed by atoms with Gasteiger partial charge in [-0.25, -0.2) is 5.01 Å². The first-order valence-electron chi connectivity index (χ1n) is 6.98. The Labute approximate surface area is 125 Å². The molecule has 0 radical (unpaired) electrons. The van der Waals surface area contributed by atoms with E-state index in [1.165, 1.54) is 0 Å². The molecule has 1 N–H and O–H groups in total. The Kier molecular flexibility index (Phi) is 3.64. The van der Waals surface area contributed by atoms with Crippen molar-refractivity contribution < 1.29 is 18.0 Å². The zero-order valence-electron chi connectivity index (χ0n) is 11.7. The van der Waals surface area contributed by atoms with E-state index < -0.39 is 24.0 Å². The van der Waals surface area contributed by atoms with Crippen molar-refractivity contribution in [1.82, 2.24) is 15.3 Å². The Hall–Kier alpha value is -1.96. The zero-order valence-corrected chi connectivity index (χ0v) is 11.7. The van der Waals surface area contributed by atoms with E-state index in [1.54, 1.807) is 24.4 Å². The van der Waals surface area contributed by atoms with Gasteiger partial charge in [-0.2, -0.15) is 18.3 Å².